The van der Waals surface area contributed by atoms with Gasteiger partial charge in [-0.3, -0.25) is 0 Å². The second kappa shape index (κ2) is 3.26. The predicted molar refractivity (Wildman–Crippen MR) is 53.8 cm³/mol. The van der Waals surface area contributed by atoms with Gasteiger partial charge in [-0.25, -0.2) is 0 Å². The van der Waals surface area contributed by atoms with Gasteiger partial charge in [-0.15, -0.1) is 0 Å². The average Bonchev–Trinajstić information content (AvgIpc) is 2.39. The molecule has 1 nitrogen and oxygen atoms in total. The lowest BCUT2D eigenvalue weighted by atomic mass is 10.1. The zero-order chi connectivity index (χ0) is 8.32. The van der Waals surface area contributed by atoms with Gasteiger partial charge in [0, 0.05) is 27.9 Å². The number of rotatable bonds is 3. The van der Waals surface area contributed by atoms with Gasteiger partial charge in [-0.2, -0.15) is 0 Å². The van der Waals surface area contributed by atoms with Crippen molar-refractivity contribution >= 4 is 10.2 Å². The molecule has 1 N–H and O–H groups in total. The molecule has 0 atom stereocenters. The van der Waals surface area contributed by atoms with Crippen LogP contribution in [0.1, 0.15) is 20.3 Å². The molecule has 62 valence electrons. The molecule has 1 aliphatic carbocycles. The minimum absolute atomic E-state index is 0.310. The number of hydrogen-bond acceptors (Lipinski definition) is 1. The van der Waals surface area contributed by atoms with Crippen LogP contribution in [0.4, 0.5) is 0 Å². The number of nitrogens with one attached hydrogen (secondary N) is 1. The summed E-state index contributed by atoms with van der Waals surface area (Å²) in [5, 5.41) is 3.54. The van der Waals surface area contributed by atoms with E-state index in [2.05, 4.69) is 37.4 Å². The van der Waals surface area contributed by atoms with Crippen molar-refractivity contribution in [2.24, 2.45) is 0 Å². The molecule has 1 aliphatic rings. The van der Waals surface area contributed by atoms with Gasteiger partial charge in [-0.1, -0.05) is 12.2 Å². The Labute approximate surface area is 72.0 Å². The largest absolute Gasteiger partial charge is 0.384 e. The zero-order valence-corrected chi connectivity index (χ0v) is 9.65. The zero-order valence-electron chi connectivity index (χ0n) is 7.65. The minimum atomic E-state index is 0.310. The molecule has 0 saturated heterocycles. The Bertz CT molecular complexity index is 192. The van der Waals surface area contributed by atoms with Gasteiger partial charge in [0.25, 0.3) is 0 Å². The third kappa shape index (κ3) is 2.54. The molecule has 0 aliphatic heterocycles. The highest BCUT2D eigenvalue weighted by atomic mass is 28.1. The van der Waals surface area contributed by atoms with Crippen LogP contribution in [0.2, 0.25) is 6.04 Å². The number of hydrogen-bond donors (Lipinski definition) is 1. The van der Waals surface area contributed by atoms with Crippen molar-refractivity contribution in [1.82, 2.24) is 5.32 Å². The van der Waals surface area contributed by atoms with E-state index in [-0.39, 0.29) is 0 Å². The van der Waals surface area contributed by atoms with E-state index in [1.165, 1.54) is 22.0 Å². The highest BCUT2D eigenvalue weighted by Crippen LogP contribution is 2.14. The first kappa shape index (κ1) is 8.59. The molecule has 1 rings (SSSR count). The quantitative estimate of drug-likeness (QED) is 0.618. The Morgan fingerprint density at radius 1 is 1.64 bits per heavy atom. The maximum atomic E-state index is 3.54. The molecule has 0 radical (unpaired) electrons. The minimum Gasteiger partial charge on any atom is -0.384 e. The molecular weight excluding hydrogens is 150 g/mol. The van der Waals surface area contributed by atoms with Gasteiger partial charge in [0.15, 0.2) is 0 Å². The van der Waals surface area contributed by atoms with Gasteiger partial charge >= 0.3 is 0 Å². The summed E-state index contributed by atoms with van der Waals surface area (Å²) in [5.41, 5.74) is 1.68. The van der Waals surface area contributed by atoms with Crippen molar-refractivity contribution in [3.63, 3.8) is 0 Å². The van der Waals surface area contributed by atoms with Gasteiger partial charge < -0.3 is 5.32 Å². The molecule has 0 unspecified atom stereocenters. The van der Waals surface area contributed by atoms with Crippen LogP contribution in [-0.4, -0.2) is 15.8 Å². The first-order valence-corrected chi connectivity index (χ1v) is 5.69. The summed E-state index contributed by atoms with van der Waals surface area (Å²) in [5.74, 6) is 0. The van der Waals surface area contributed by atoms with E-state index >= 15 is 0 Å². The highest BCUT2D eigenvalue weighted by Gasteiger charge is 2.15. The van der Waals surface area contributed by atoms with Crippen molar-refractivity contribution < 1.29 is 0 Å². The molecule has 0 aromatic rings. The topological polar surface area (TPSA) is 12.0 Å². The average molecular weight is 167 g/mol. The van der Waals surface area contributed by atoms with Crippen molar-refractivity contribution in [3.8, 4) is 0 Å². The Hall–Kier alpha value is -0.503. The third-order valence-corrected chi connectivity index (χ3v) is 3.92. The van der Waals surface area contributed by atoms with Crippen LogP contribution < -0.4 is 5.32 Å². The van der Waals surface area contributed by atoms with Crippen LogP contribution >= 0.6 is 0 Å². The van der Waals surface area contributed by atoms with Gasteiger partial charge in [0.1, 0.15) is 0 Å². The molecule has 0 bridgehead atoms. The third-order valence-electron chi connectivity index (χ3n) is 2.15. The fourth-order valence-corrected chi connectivity index (χ4v) is 1.24. The molecule has 0 aromatic carbocycles. The fourth-order valence-electron chi connectivity index (χ4n) is 1.06. The summed E-state index contributed by atoms with van der Waals surface area (Å²) in [6, 6.07) is 1.30. The summed E-state index contributed by atoms with van der Waals surface area (Å²) in [4.78, 5) is 0. The van der Waals surface area contributed by atoms with Crippen LogP contribution in [0, 0.1) is 0 Å². The Morgan fingerprint density at radius 3 is 2.82 bits per heavy atom. The van der Waals surface area contributed by atoms with Crippen molar-refractivity contribution in [1.29, 1.82) is 0 Å². The lowest BCUT2D eigenvalue weighted by Crippen LogP contribution is -2.37. The fraction of sp³-hybridized carbons (Fsp3) is 0.556. The standard InChI is InChI=1S/C9H17NSi/c1-9(2,7-11)10-8-5-3-4-6-8/h3-5,10H,6-7H2,1-2,11H3. The Balaban J connectivity index is 2.42. The van der Waals surface area contributed by atoms with Crippen LogP contribution in [0.5, 0.6) is 0 Å². The first-order valence-electron chi connectivity index (χ1n) is 4.28. The van der Waals surface area contributed by atoms with Crippen LogP contribution in [0.25, 0.3) is 0 Å². The van der Waals surface area contributed by atoms with E-state index in [4.69, 9.17) is 0 Å². The normalized spacial score (nSPS) is 17.1. The van der Waals surface area contributed by atoms with Crippen molar-refractivity contribution in [2.75, 3.05) is 0 Å². The number of allylic oxidation sites excluding steroid dienone is 3. The summed E-state index contributed by atoms with van der Waals surface area (Å²) < 4.78 is 0. The maximum absolute atomic E-state index is 3.54. The second-order valence-electron chi connectivity index (χ2n) is 3.69. The van der Waals surface area contributed by atoms with Crippen LogP contribution in [-0.2, 0) is 0 Å². The lowest BCUT2D eigenvalue weighted by Gasteiger charge is -2.26. The van der Waals surface area contributed by atoms with Crippen molar-refractivity contribution in [2.45, 2.75) is 31.9 Å². The van der Waals surface area contributed by atoms with E-state index < -0.39 is 0 Å². The molecule has 0 saturated carbocycles. The lowest BCUT2D eigenvalue weighted by molar-refractivity contribution is 0.470. The van der Waals surface area contributed by atoms with Gasteiger partial charge in [0.2, 0.25) is 0 Å². The smallest absolute Gasteiger partial charge is 0.0283 e. The molecular formula is C9H17NSi. The summed E-state index contributed by atoms with van der Waals surface area (Å²) in [6.07, 6.45) is 7.56. The molecule has 2 heteroatoms. The van der Waals surface area contributed by atoms with E-state index in [0.717, 1.165) is 6.42 Å². The molecule has 0 fully saturated rings. The SMILES string of the molecule is CC(C)(C[SiH3])NC1=CC=CC1. The van der Waals surface area contributed by atoms with Crippen LogP contribution in [0.15, 0.2) is 23.9 Å². The van der Waals surface area contributed by atoms with Crippen LogP contribution in [0.3, 0.4) is 0 Å². The van der Waals surface area contributed by atoms with E-state index in [0.29, 0.717) is 5.54 Å². The summed E-state index contributed by atoms with van der Waals surface area (Å²) in [6.45, 7) is 4.53. The second-order valence-corrected chi connectivity index (χ2v) is 4.39. The van der Waals surface area contributed by atoms with Gasteiger partial charge in [0.05, 0.1) is 0 Å². The first-order chi connectivity index (χ1) is 5.14. The van der Waals surface area contributed by atoms with Crippen molar-refractivity contribution in [3.05, 3.63) is 23.9 Å². The maximum Gasteiger partial charge on any atom is 0.0283 e. The van der Waals surface area contributed by atoms with E-state index in [1.807, 2.05) is 0 Å². The molecule has 0 heterocycles. The predicted octanol–water partition coefficient (Wildman–Crippen LogP) is 0.982. The van der Waals surface area contributed by atoms with Gasteiger partial charge in [-0.05, 0) is 26.0 Å². The Kier molecular flexibility index (Phi) is 2.55. The molecule has 0 aromatic heterocycles. The summed E-state index contributed by atoms with van der Waals surface area (Å²) in [7, 11) is 1.27. The molecule has 0 amide bonds. The highest BCUT2D eigenvalue weighted by molar-refractivity contribution is 6.09. The monoisotopic (exact) mass is 167 g/mol. The van der Waals surface area contributed by atoms with E-state index in [9.17, 15) is 0 Å². The summed E-state index contributed by atoms with van der Waals surface area (Å²) >= 11 is 0. The molecule has 11 heavy (non-hydrogen) atoms. The molecule has 0 spiro atoms. The Morgan fingerprint density at radius 2 is 2.36 bits per heavy atom. The van der Waals surface area contributed by atoms with E-state index in [1.54, 1.807) is 0 Å².